The first-order chi connectivity index (χ1) is 11.9. The zero-order chi connectivity index (χ0) is 17.8. The highest BCUT2D eigenvalue weighted by atomic mass is 32.2. The second-order valence-electron chi connectivity index (χ2n) is 5.66. The van der Waals surface area contributed by atoms with Gasteiger partial charge in [-0.3, -0.25) is 9.59 Å². The predicted octanol–water partition coefficient (Wildman–Crippen LogP) is 2.41. The average molecular weight is 352 g/mol. The Bertz CT molecular complexity index is 1100. The summed E-state index contributed by atoms with van der Waals surface area (Å²) in [5, 5.41) is 1.19. The highest BCUT2D eigenvalue weighted by Gasteiger charge is 2.41. The van der Waals surface area contributed by atoms with Crippen molar-refractivity contribution in [1.82, 2.24) is 4.31 Å². The lowest BCUT2D eigenvalue weighted by atomic mass is 9.95. The molecule has 1 aliphatic rings. The molecule has 1 heterocycles. The largest absolute Gasteiger partial charge is 0.399 e. The van der Waals surface area contributed by atoms with Gasteiger partial charge < -0.3 is 5.73 Å². The first-order valence-electron chi connectivity index (χ1n) is 7.42. The van der Waals surface area contributed by atoms with Crippen LogP contribution in [0, 0.1) is 0 Å². The quantitative estimate of drug-likeness (QED) is 0.564. The van der Waals surface area contributed by atoms with E-state index >= 15 is 0 Å². The summed E-state index contributed by atoms with van der Waals surface area (Å²) in [5.41, 5.74) is 6.33. The van der Waals surface area contributed by atoms with Gasteiger partial charge in [-0.25, -0.2) is 8.42 Å². The van der Waals surface area contributed by atoms with E-state index in [1.165, 1.54) is 36.4 Å². The van der Waals surface area contributed by atoms with Crippen LogP contribution in [0.5, 0.6) is 0 Å². The van der Waals surface area contributed by atoms with Crippen LogP contribution >= 0.6 is 0 Å². The number of nitrogen functional groups attached to an aromatic ring is 1. The fourth-order valence-electron chi connectivity index (χ4n) is 2.97. The monoisotopic (exact) mass is 352 g/mol. The van der Waals surface area contributed by atoms with E-state index in [9.17, 15) is 18.0 Å². The van der Waals surface area contributed by atoms with E-state index < -0.39 is 21.8 Å². The van der Waals surface area contributed by atoms with E-state index in [1.807, 2.05) is 0 Å². The van der Waals surface area contributed by atoms with Crippen molar-refractivity contribution >= 4 is 38.3 Å². The fourth-order valence-corrected chi connectivity index (χ4v) is 4.30. The Morgan fingerprint density at radius 2 is 1.28 bits per heavy atom. The maximum absolute atomic E-state index is 12.9. The van der Waals surface area contributed by atoms with Crippen molar-refractivity contribution in [2.75, 3.05) is 5.73 Å². The topological polar surface area (TPSA) is 97.5 Å². The van der Waals surface area contributed by atoms with Crippen molar-refractivity contribution in [2.24, 2.45) is 0 Å². The van der Waals surface area contributed by atoms with Crippen LogP contribution in [0.3, 0.4) is 0 Å². The van der Waals surface area contributed by atoms with Gasteiger partial charge >= 0.3 is 0 Å². The molecule has 0 aliphatic carbocycles. The van der Waals surface area contributed by atoms with Gasteiger partial charge in [0.2, 0.25) is 0 Å². The lowest BCUT2D eigenvalue weighted by Gasteiger charge is -2.26. The second-order valence-corrected chi connectivity index (χ2v) is 7.44. The normalized spacial score (nSPS) is 14.2. The number of anilines is 1. The predicted molar refractivity (Wildman–Crippen MR) is 92.5 cm³/mol. The molecule has 124 valence electrons. The molecule has 0 atom stereocenters. The summed E-state index contributed by atoms with van der Waals surface area (Å²) in [5.74, 6) is -1.71. The Hall–Kier alpha value is -3.19. The van der Waals surface area contributed by atoms with E-state index in [4.69, 9.17) is 5.73 Å². The molecule has 25 heavy (non-hydrogen) atoms. The molecule has 0 fully saturated rings. The van der Waals surface area contributed by atoms with Crippen LogP contribution in [-0.2, 0) is 10.0 Å². The summed E-state index contributed by atoms with van der Waals surface area (Å²) in [6.07, 6.45) is 0. The number of carbonyl (C=O) groups excluding carboxylic acids is 2. The molecule has 3 aromatic rings. The van der Waals surface area contributed by atoms with Crippen LogP contribution in [0.4, 0.5) is 5.69 Å². The molecule has 0 aromatic heterocycles. The van der Waals surface area contributed by atoms with Crippen LogP contribution in [0.15, 0.2) is 65.6 Å². The number of benzene rings is 3. The lowest BCUT2D eigenvalue weighted by Crippen LogP contribution is -2.44. The number of hydrogen-bond donors (Lipinski definition) is 1. The molecular formula is C18H12N2O4S. The minimum atomic E-state index is -4.34. The van der Waals surface area contributed by atoms with E-state index in [-0.39, 0.29) is 16.0 Å². The maximum atomic E-state index is 12.9. The summed E-state index contributed by atoms with van der Waals surface area (Å²) in [6, 6.07) is 15.2. The molecule has 2 amide bonds. The third-order valence-corrected chi connectivity index (χ3v) is 5.83. The number of amides is 2. The van der Waals surface area contributed by atoms with Gasteiger partial charge in [0.05, 0.1) is 4.90 Å². The third kappa shape index (κ3) is 2.13. The van der Waals surface area contributed by atoms with Gasteiger partial charge in [-0.05, 0) is 41.8 Å². The summed E-state index contributed by atoms with van der Waals surface area (Å²) in [4.78, 5) is 25.4. The molecule has 0 saturated carbocycles. The SMILES string of the molecule is Nc1ccc(S(=O)(=O)N2C(=O)c3cccc4cccc(c34)C2=O)cc1. The van der Waals surface area contributed by atoms with Gasteiger partial charge in [-0.15, -0.1) is 0 Å². The van der Waals surface area contributed by atoms with Crippen LogP contribution < -0.4 is 5.73 Å². The van der Waals surface area contributed by atoms with Gasteiger partial charge in [0.1, 0.15) is 0 Å². The fraction of sp³-hybridized carbons (Fsp3) is 0. The number of nitrogens with two attached hydrogens (primary N) is 1. The Labute approximate surface area is 143 Å². The molecule has 1 aliphatic heterocycles. The smallest absolute Gasteiger partial charge is 0.275 e. The number of sulfonamides is 1. The molecular weight excluding hydrogens is 340 g/mol. The number of hydrogen-bond acceptors (Lipinski definition) is 5. The molecule has 6 nitrogen and oxygen atoms in total. The average Bonchev–Trinajstić information content (AvgIpc) is 2.60. The molecule has 4 rings (SSSR count). The van der Waals surface area contributed by atoms with Crippen LogP contribution in [0.1, 0.15) is 20.7 Å². The van der Waals surface area contributed by atoms with Gasteiger partial charge in [-0.2, -0.15) is 4.31 Å². The summed E-state index contributed by atoms with van der Waals surface area (Å²) in [7, 11) is -4.34. The van der Waals surface area contributed by atoms with Crippen LogP contribution in [0.2, 0.25) is 0 Å². The van der Waals surface area contributed by atoms with Crippen molar-refractivity contribution in [2.45, 2.75) is 4.90 Å². The molecule has 0 bridgehead atoms. The Balaban J connectivity index is 1.95. The van der Waals surface area contributed by atoms with Crippen molar-refractivity contribution < 1.29 is 18.0 Å². The number of carbonyl (C=O) groups is 2. The van der Waals surface area contributed by atoms with Crippen molar-refractivity contribution in [1.29, 1.82) is 0 Å². The van der Waals surface area contributed by atoms with E-state index in [2.05, 4.69) is 0 Å². The van der Waals surface area contributed by atoms with Gasteiger partial charge in [0, 0.05) is 22.2 Å². The highest BCUT2D eigenvalue weighted by Crippen LogP contribution is 2.33. The zero-order valence-corrected chi connectivity index (χ0v) is 13.7. The van der Waals surface area contributed by atoms with E-state index in [1.54, 1.807) is 24.3 Å². The Kier molecular flexibility index (Phi) is 3.16. The maximum Gasteiger partial charge on any atom is 0.275 e. The van der Waals surface area contributed by atoms with Gasteiger partial charge in [-0.1, -0.05) is 24.3 Å². The van der Waals surface area contributed by atoms with E-state index in [0.29, 0.717) is 20.8 Å². The van der Waals surface area contributed by atoms with Crippen molar-refractivity contribution in [3.8, 4) is 0 Å². The zero-order valence-electron chi connectivity index (χ0n) is 12.8. The second kappa shape index (κ2) is 5.15. The minimum absolute atomic E-state index is 0.171. The molecule has 0 spiro atoms. The minimum Gasteiger partial charge on any atom is -0.399 e. The first-order valence-corrected chi connectivity index (χ1v) is 8.86. The molecule has 0 radical (unpaired) electrons. The highest BCUT2D eigenvalue weighted by molar-refractivity contribution is 7.90. The summed E-state index contributed by atoms with van der Waals surface area (Å²) < 4.78 is 26.1. The summed E-state index contributed by atoms with van der Waals surface area (Å²) >= 11 is 0. The van der Waals surface area contributed by atoms with Crippen molar-refractivity contribution in [3.05, 3.63) is 71.8 Å². The molecule has 2 N–H and O–H groups in total. The molecule has 3 aromatic carbocycles. The third-order valence-electron chi connectivity index (χ3n) is 4.15. The Morgan fingerprint density at radius 3 is 1.80 bits per heavy atom. The summed E-state index contributed by atoms with van der Waals surface area (Å²) in [6.45, 7) is 0. The van der Waals surface area contributed by atoms with Gasteiger partial charge in [0.15, 0.2) is 0 Å². The van der Waals surface area contributed by atoms with Crippen molar-refractivity contribution in [3.63, 3.8) is 0 Å². The molecule has 7 heteroatoms. The Morgan fingerprint density at radius 1 is 0.760 bits per heavy atom. The van der Waals surface area contributed by atoms with Crippen LogP contribution in [-0.4, -0.2) is 24.5 Å². The standard InChI is InChI=1S/C18H12N2O4S/c19-12-7-9-13(10-8-12)25(23,24)20-17(21)14-5-1-3-11-4-2-6-15(16(11)14)18(20)22/h1-10H,19H2. The number of nitrogens with zero attached hydrogens (tertiary/aromatic N) is 1. The number of imide groups is 1. The molecule has 0 saturated heterocycles. The van der Waals surface area contributed by atoms with E-state index in [0.717, 1.165) is 0 Å². The lowest BCUT2D eigenvalue weighted by molar-refractivity contribution is 0.0726. The first kappa shape index (κ1) is 15.3. The van der Waals surface area contributed by atoms with Gasteiger partial charge in [0.25, 0.3) is 21.8 Å². The molecule has 0 unspecified atom stereocenters. The van der Waals surface area contributed by atoms with Crippen LogP contribution in [0.25, 0.3) is 10.8 Å². The number of rotatable bonds is 2.